The van der Waals surface area contributed by atoms with E-state index in [4.69, 9.17) is 4.79 Å². The number of hydrogen-bond acceptors (Lipinski definition) is 2. The van der Waals surface area contributed by atoms with E-state index in [1.54, 1.807) is 0 Å². The fraction of sp³-hybridized carbons (Fsp3) is 0.500. The SMILES string of the molecule is O=CSC(F)(F)F. The van der Waals surface area contributed by atoms with Gasteiger partial charge in [0.15, 0.2) is 5.62 Å². The summed E-state index contributed by atoms with van der Waals surface area (Å²) in [5.74, 6) is 0. The molecule has 0 fully saturated rings. The van der Waals surface area contributed by atoms with Gasteiger partial charge in [-0.1, -0.05) is 0 Å². The van der Waals surface area contributed by atoms with Gasteiger partial charge in [-0.3, -0.25) is 4.79 Å². The van der Waals surface area contributed by atoms with Gasteiger partial charge in [-0.15, -0.1) is 0 Å². The second-order valence-electron chi connectivity index (χ2n) is 0.660. The molecule has 0 aromatic rings. The third kappa shape index (κ3) is 5.81. The van der Waals surface area contributed by atoms with Crippen molar-refractivity contribution in [1.29, 1.82) is 0 Å². The average Bonchev–Trinajstić information content (AvgIpc) is 1.30. The third-order valence-corrected chi connectivity index (χ3v) is 0.545. The summed E-state index contributed by atoms with van der Waals surface area (Å²) in [7, 11) is 0. The Morgan fingerprint density at radius 2 is 1.86 bits per heavy atom. The average molecular weight is 130 g/mol. The Labute approximate surface area is 41.9 Å². The molecule has 0 amide bonds. The van der Waals surface area contributed by atoms with Crippen molar-refractivity contribution in [2.75, 3.05) is 0 Å². The molecule has 0 N–H and O–H groups in total. The van der Waals surface area contributed by atoms with Crippen LogP contribution in [0, 0.1) is 0 Å². The Hall–Kier alpha value is -0.190. The minimum absolute atomic E-state index is 0.250. The van der Waals surface area contributed by atoms with Crippen molar-refractivity contribution in [2.45, 2.75) is 5.51 Å². The van der Waals surface area contributed by atoms with Crippen LogP contribution in [0.25, 0.3) is 0 Å². The van der Waals surface area contributed by atoms with Gasteiger partial charge in [-0.25, -0.2) is 0 Å². The van der Waals surface area contributed by atoms with Crippen molar-refractivity contribution in [1.82, 2.24) is 0 Å². The molecule has 0 radical (unpaired) electrons. The van der Waals surface area contributed by atoms with Gasteiger partial charge in [0, 0.05) is 11.8 Å². The molecule has 5 heteroatoms. The van der Waals surface area contributed by atoms with Gasteiger partial charge in [-0.05, 0) is 0 Å². The first-order valence-electron chi connectivity index (χ1n) is 1.24. The molecule has 7 heavy (non-hydrogen) atoms. The highest BCUT2D eigenvalue weighted by Gasteiger charge is 2.27. The first-order valence-corrected chi connectivity index (χ1v) is 2.12. The van der Waals surface area contributed by atoms with E-state index in [0.29, 0.717) is 0 Å². The molecule has 0 aliphatic carbocycles. The van der Waals surface area contributed by atoms with Crippen LogP contribution in [0.3, 0.4) is 0 Å². The number of carbonyl (C=O) groups excluding carboxylic acids is 1. The van der Waals surface area contributed by atoms with Crippen LogP contribution in [0.2, 0.25) is 0 Å². The molecule has 0 bridgehead atoms. The van der Waals surface area contributed by atoms with Crippen molar-refractivity contribution < 1.29 is 18.0 Å². The highest BCUT2D eigenvalue weighted by Crippen LogP contribution is 2.27. The lowest BCUT2D eigenvalue weighted by Gasteiger charge is -1.94. The van der Waals surface area contributed by atoms with E-state index in [1.165, 1.54) is 0 Å². The summed E-state index contributed by atoms with van der Waals surface area (Å²) in [6.07, 6.45) is 0. The van der Waals surface area contributed by atoms with Gasteiger partial charge in [0.2, 0.25) is 0 Å². The molecular formula is C2HF3OS. The van der Waals surface area contributed by atoms with Crippen molar-refractivity contribution in [2.24, 2.45) is 0 Å². The van der Waals surface area contributed by atoms with Crippen molar-refractivity contribution in [3.05, 3.63) is 0 Å². The van der Waals surface area contributed by atoms with Gasteiger partial charge in [0.05, 0.1) is 0 Å². The largest absolute Gasteiger partial charge is 0.448 e. The van der Waals surface area contributed by atoms with Crippen LogP contribution in [-0.2, 0) is 4.79 Å². The molecule has 0 aliphatic heterocycles. The summed E-state index contributed by atoms with van der Waals surface area (Å²) in [4.78, 5) is 9.06. The highest BCUT2D eigenvalue weighted by molar-refractivity contribution is 8.12. The Morgan fingerprint density at radius 1 is 1.43 bits per heavy atom. The maximum Gasteiger partial charge on any atom is 0.448 e. The molecule has 0 spiro atoms. The van der Waals surface area contributed by atoms with E-state index in [2.05, 4.69) is 0 Å². The predicted molar refractivity (Wildman–Crippen MR) is 20.4 cm³/mol. The van der Waals surface area contributed by atoms with Crippen LogP contribution in [0.4, 0.5) is 13.2 Å². The van der Waals surface area contributed by atoms with Crippen molar-refractivity contribution >= 4 is 17.4 Å². The van der Waals surface area contributed by atoms with Crippen LogP contribution < -0.4 is 0 Å². The quantitative estimate of drug-likeness (QED) is 0.499. The Kier molecular flexibility index (Phi) is 2.14. The smallest absolute Gasteiger partial charge is 0.291 e. The Bertz CT molecular complexity index is 67.8. The molecule has 0 atom stereocenters. The van der Waals surface area contributed by atoms with E-state index >= 15 is 0 Å². The standard InChI is InChI=1S/C2HF3OS/c3-2(4,5)7-1-6/h1H. The maximum atomic E-state index is 10.8. The van der Waals surface area contributed by atoms with E-state index < -0.39 is 17.3 Å². The van der Waals surface area contributed by atoms with Crippen LogP contribution >= 0.6 is 11.8 Å². The molecule has 0 heterocycles. The molecule has 0 saturated heterocycles. The van der Waals surface area contributed by atoms with Gasteiger partial charge in [0.25, 0.3) is 0 Å². The molecule has 0 saturated carbocycles. The van der Waals surface area contributed by atoms with Gasteiger partial charge in [0.1, 0.15) is 0 Å². The number of rotatable bonds is 1. The third-order valence-electron chi connectivity index (χ3n) is 0.182. The summed E-state index contributed by atoms with van der Waals surface area (Å²) in [5, 5.41) is 0. The summed E-state index contributed by atoms with van der Waals surface area (Å²) >= 11 is -0.692. The molecular weight excluding hydrogens is 129 g/mol. The normalized spacial score (nSPS) is 11.3. The van der Waals surface area contributed by atoms with Crippen LogP contribution in [-0.4, -0.2) is 11.1 Å². The Morgan fingerprint density at radius 3 is 1.86 bits per heavy atom. The summed E-state index contributed by atoms with van der Waals surface area (Å²) < 4.78 is 32.4. The van der Waals surface area contributed by atoms with E-state index in [9.17, 15) is 13.2 Å². The highest BCUT2D eigenvalue weighted by atomic mass is 32.2. The molecule has 0 aromatic carbocycles. The molecule has 0 rings (SSSR count). The van der Waals surface area contributed by atoms with E-state index in [1.807, 2.05) is 0 Å². The van der Waals surface area contributed by atoms with Crippen LogP contribution in [0.15, 0.2) is 0 Å². The summed E-state index contributed by atoms with van der Waals surface area (Å²) in [5.41, 5.74) is -4.65. The maximum absolute atomic E-state index is 10.8. The molecule has 0 unspecified atom stereocenters. The first kappa shape index (κ1) is 6.81. The second-order valence-corrected chi connectivity index (χ2v) is 1.55. The van der Waals surface area contributed by atoms with Crippen molar-refractivity contribution in [3.8, 4) is 0 Å². The van der Waals surface area contributed by atoms with Crippen LogP contribution in [0.5, 0.6) is 0 Å². The number of alkyl halides is 3. The number of thioether (sulfide) groups is 1. The number of hydrogen-bond donors (Lipinski definition) is 0. The molecule has 42 valence electrons. The fourth-order valence-corrected chi connectivity index (χ4v) is 0.164. The predicted octanol–water partition coefficient (Wildman–Crippen LogP) is 1.43. The van der Waals surface area contributed by atoms with Gasteiger partial charge in [-0.2, -0.15) is 13.2 Å². The lowest BCUT2D eigenvalue weighted by atomic mass is 11.6. The molecule has 0 aliphatic rings. The van der Waals surface area contributed by atoms with Gasteiger partial charge < -0.3 is 0 Å². The minimum Gasteiger partial charge on any atom is -0.291 e. The monoisotopic (exact) mass is 130 g/mol. The first-order chi connectivity index (χ1) is 3.06. The molecule has 1 nitrogen and oxygen atoms in total. The lowest BCUT2D eigenvalue weighted by molar-refractivity contribution is -0.0316. The Balaban J connectivity index is 3.34. The van der Waals surface area contributed by atoms with Crippen molar-refractivity contribution in [3.63, 3.8) is 0 Å². The van der Waals surface area contributed by atoms with Crippen LogP contribution in [0.1, 0.15) is 0 Å². The second kappa shape index (κ2) is 2.20. The summed E-state index contributed by atoms with van der Waals surface area (Å²) in [6, 6.07) is 0. The topological polar surface area (TPSA) is 17.1 Å². The van der Waals surface area contributed by atoms with E-state index in [0.717, 1.165) is 0 Å². The zero-order valence-corrected chi connectivity index (χ0v) is 3.84. The van der Waals surface area contributed by atoms with E-state index in [-0.39, 0.29) is 5.62 Å². The number of halogens is 3. The summed E-state index contributed by atoms with van der Waals surface area (Å²) in [6.45, 7) is 0. The lowest BCUT2D eigenvalue weighted by Crippen LogP contribution is -1.98. The molecule has 0 aromatic heterocycles. The zero-order valence-electron chi connectivity index (χ0n) is 3.03. The fourth-order valence-electron chi connectivity index (χ4n) is 0.0546. The number of carbonyl (C=O) groups is 1. The van der Waals surface area contributed by atoms with Gasteiger partial charge >= 0.3 is 5.51 Å². The minimum atomic E-state index is -4.40. The zero-order chi connectivity index (χ0) is 5.91.